The summed E-state index contributed by atoms with van der Waals surface area (Å²) in [5, 5.41) is 9.73. The first-order valence-electron chi connectivity index (χ1n) is 8.52. The monoisotopic (exact) mass is 387 g/mol. The highest BCUT2D eigenvalue weighted by Gasteiger charge is 2.37. The van der Waals surface area contributed by atoms with Gasteiger partial charge < -0.3 is 15.0 Å². The molecule has 0 amide bonds. The number of nitrogens with zero attached hydrogens (tertiary/aromatic N) is 2. The van der Waals surface area contributed by atoms with Crippen LogP contribution in [0.5, 0.6) is 5.75 Å². The Labute approximate surface area is 161 Å². The summed E-state index contributed by atoms with van der Waals surface area (Å²) in [6.45, 7) is 6.26. The molecule has 7 heteroatoms. The summed E-state index contributed by atoms with van der Waals surface area (Å²) in [5.74, 6) is -1.36. The van der Waals surface area contributed by atoms with Gasteiger partial charge >= 0.3 is 0 Å². The molecule has 0 saturated heterocycles. The summed E-state index contributed by atoms with van der Waals surface area (Å²) in [6.07, 6.45) is 0. The lowest BCUT2D eigenvalue weighted by Gasteiger charge is -2.28. The molecule has 1 aliphatic heterocycles. The fourth-order valence-corrected chi connectivity index (χ4v) is 3.63. The van der Waals surface area contributed by atoms with E-state index in [1.165, 1.54) is 18.2 Å². The molecular weight excluding hydrogens is 369 g/mol. The highest BCUT2D eigenvalue weighted by atomic mass is 35.5. The van der Waals surface area contributed by atoms with Crippen molar-refractivity contribution in [3.63, 3.8) is 0 Å². The van der Waals surface area contributed by atoms with Crippen molar-refractivity contribution in [2.45, 2.75) is 33.2 Å². The molecule has 2 heterocycles. The number of aryl methyl sites for hydroxylation is 1. The lowest BCUT2D eigenvalue weighted by molar-refractivity contribution is 0.384. The molecule has 5 nitrogen and oxygen atoms in total. The molecule has 0 unspecified atom stereocenters. The van der Waals surface area contributed by atoms with Crippen molar-refractivity contribution < 1.29 is 9.13 Å². The Morgan fingerprint density at radius 3 is 2.70 bits per heavy atom. The minimum Gasteiger partial charge on any atom is -0.440 e. The standard InChI is InChI=1S/C20H19ClFN3O2/c1-10(2)9-25-11(3)7-15-18(20(25)26)16(12(8-23)19(24)27-15)17-13(21)5-4-6-14(17)22/h4-7,10,16H,9,24H2,1-3H3/t16-/m1/s1. The first kappa shape index (κ1) is 19.0. The quantitative estimate of drug-likeness (QED) is 0.867. The normalized spacial score (nSPS) is 16.1. The predicted molar refractivity (Wildman–Crippen MR) is 101 cm³/mol. The van der Waals surface area contributed by atoms with E-state index in [0.29, 0.717) is 12.2 Å². The van der Waals surface area contributed by atoms with Crippen molar-refractivity contribution in [2.75, 3.05) is 0 Å². The van der Waals surface area contributed by atoms with Gasteiger partial charge in [0.05, 0.1) is 11.5 Å². The van der Waals surface area contributed by atoms with Gasteiger partial charge in [-0.15, -0.1) is 0 Å². The molecule has 140 valence electrons. The van der Waals surface area contributed by atoms with Crippen LogP contribution >= 0.6 is 11.6 Å². The van der Waals surface area contributed by atoms with Gasteiger partial charge in [-0.2, -0.15) is 5.26 Å². The molecule has 27 heavy (non-hydrogen) atoms. The number of fused-ring (bicyclic) bond motifs is 1. The zero-order valence-electron chi connectivity index (χ0n) is 15.2. The van der Waals surface area contributed by atoms with Crippen molar-refractivity contribution in [2.24, 2.45) is 11.7 Å². The fraction of sp³-hybridized carbons (Fsp3) is 0.300. The van der Waals surface area contributed by atoms with Crippen LogP contribution in [-0.2, 0) is 6.54 Å². The third-order valence-electron chi connectivity index (χ3n) is 4.53. The van der Waals surface area contributed by atoms with E-state index in [1.54, 1.807) is 17.6 Å². The number of rotatable bonds is 3. The number of nitriles is 1. The van der Waals surface area contributed by atoms with Crippen LogP contribution in [0.4, 0.5) is 4.39 Å². The average Bonchev–Trinajstić information content (AvgIpc) is 2.58. The van der Waals surface area contributed by atoms with Crippen LogP contribution in [0, 0.1) is 30.0 Å². The lowest BCUT2D eigenvalue weighted by Crippen LogP contribution is -2.34. The number of aromatic nitrogens is 1. The van der Waals surface area contributed by atoms with Crippen LogP contribution in [0.3, 0.4) is 0 Å². The van der Waals surface area contributed by atoms with Gasteiger partial charge in [0.2, 0.25) is 5.88 Å². The smallest absolute Gasteiger partial charge is 0.258 e. The largest absolute Gasteiger partial charge is 0.440 e. The molecule has 0 spiro atoms. The summed E-state index contributed by atoms with van der Waals surface area (Å²) in [5.41, 5.74) is 6.43. The van der Waals surface area contributed by atoms with Gasteiger partial charge in [-0.25, -0.2) is 4.39 Å². The Bertz CT molecular complexity index is 1030. The van der Waals surface area contributed by atoms with E-state index in [1.807, 2.05) is 19.9 Å². The number of nitrogens with two attached hydrogens (primary N) is 1. The second-order valence-electron chi connectivity index (χ2n) is 6.93. The summed E-state index contributed by atoms with van der Waals surface area (Å²) in [6, 6.07) is 7.86. The molecule has 0 bridgehead atoms. The van der Waals surface area contributed by atoms with Gasteiger partial charge in [0, 0.05) is 28.9 Å². The molecule has 0 fully saturated rings. The SMILES string of the molecule is Cc1cc2c(c(=O)n1CC(C)C)[C@@H](c1c(F)cccc1Cl)C(C#N)=C(N)O2. The van der Waals surface area contributed by atoms with Crippen molar-refractivity contribution in [1.29, 1.82) is 5.26 Å². The van der Waals surface area contributed by atoms with Gasteiger partial charge in [0.15, 0.2) is 0 Å². The molecule has 1 atom stereocenters. The van der Waals surface area contributed by atoms with Crippen LogP contribution in [-0.4, -0.2) is 4.57 Å². The molecule has 1 aromatic carbocycles. The van der Waals surface area contributed by atoms with E-state index in [-0.39, 0.29) is 44.8 Å². The van der Waals surface area contributed by atoms with Crippen molar-refractivity contribution in [1.82, 2.24) is 4.57 Å². The molecule has 2 aromatic rings. The molecule has 3 rings (SSSR count). The highest BCUT2D eigenvalue weighted by molar-refractivity contribution is 6.31. The van der Waals surface area contributed by atoms with Crippen molar-refractivity contribution >= 4 is 11.6 Å². The van der Waals surface area contributed by atoms with E-state index in [0.717, 1.165) is 0 Å². The third-order valence-corrected chi connectivity index (χ3v) is 4.86. The number of hydrogen-bond donors (Lipinski definition) is 1. The first-order chi connectivity index (χ1) is 12.8. The Kier molecular flexibility index (Phi) is 4.99. The number of hydrogen-bond acceptors (Lipinski definition) is 4. The van der Waals surface area contributed by atoms with Gasteiger partial charge in [0.1, 0.15) is 23.2 Å². The Morgan fingerprint density at radius 2 is 2.11 bits per heavy atom. The molecule has 1 aliphatic rings. The number of pyridine rings is 1. The van der Waals surface area contributed by atoms with Gasteiger partial charge in [0.25, 0.3) is 5.56 Å². The van der Waals surface area contributed by atoms with E-state index in [9.17, 15) is 14.4 Å². The maximum Gasteiger partial charge on any atom is 0.258 e. The molecule has 2 N–H and O–H groups in total. The van der Waals surface area contributed by atoms with E-state index < -0.39 is 11.7 Å². The minimum absolute atomic E-state index is 0.0356. The van der Waals surface area contributed by atoms with Gasteiger partial charge in [-0.3, -0.25) is 4.79 Å². The molecule has 0 radical (unpaired) electrons. The second kappa shape index (κ2) is 7.09. The zero-order chi connectivity index (χ0) is 19.9. The van der Waals surface area contributed by atoms with Crippen molar-refractivity contribution in [3.05, 3.63) is 73.7 Å². The van der Waals surface area contributed by atoms with Gasteiger partial charge in [-0.05, 0) is 25.0 Å². The predicted octanol–water partition coefficient (Wildman–Crippen LogP) is 3.82. The molecule has 0 saturated carbocycles. The summed E-state index contributed by atoms with van der Waals surface area (Å²) < 4.78 is 21.8. The first-order valence-corrected chi connectivity index (χ1v) is 8.89. The van der Waals surface area contributed by atoms with E-state index >= 15 is 0 Å². The topological polar surface area (TPSA) is 81.0 Å². The number of ether oxygens (including phenoxy) is 1. The van der Waals surface area contributed by atoms with Crippen LogP contribution < -0.4 is 16.0 Å². The fourth-order valence-electron chi connectivity index (χ4n) is 3.35. The molecule has 0 aliphatic carbocycles. The Balaban J connectivity index is 2.38. The molecular formula is C20H19ClFN3O2. The Hall–Kier alpha value is -2.78. The summed E-state index contributed by atoms with van der Waals surface area (Å²) >= 11 is 6.24. The van der Waals surface area contributed by atoms with Crippen LogP contribution in [0.1, 0.15) is 36.6 Å². The summed E-state index contributed by atoms with van der Waals surface area (Å²) in [7, 11) is 0. The Morgan fingerprint density at radius 1 is 1.41 bits per heavy atom. The van der Waals surface area contributed by atoms with Crippen LogP contribution in [0.25, 0.3) is 0 Å². The average molecular weight is 388 g/mol. The van der Waals surface area contributed by atoms with E-state index in [2.05, 4.69) is 0 Å². The highest BCUT2D eigenvalue weighted by Crippen LogP contribution is 2.43. The lowest BCUT2D eigenvalue weighted by atomic mass is 9.83. The second-order valence-corrected chi connectivity index (χ2v) is 7.34. The zero-order valence-corrected chi connectivity index (χ0v) is 16.0. The summed E-state index contributed by atoms with van der Waals surface area (Å²) in [4.78, 5) is 13.3. The number of benzene rings is 1. The van der Waals surface area contributed by atoms with Crippen molar-refractivity contribution in [3.8, 4) is 11.8 Å². The molecule has 1 aromatic heterocycles. The van der Waals surface area contributed by atoms with Crippen LogP contribution in [0.2, 0.25) is 5.02 Å². The minimum atomic E-state index is -1.03. The van der Waals surface area contributed by atoms with Crippen LogP contribution in [0.15, 0.2) is 40.5 Å². The van der Waals surface area contributed by atoms with E-state index in [4.69, 9.17) is 22.1 Å². The third kappa shape index (κ3) is 3.19. The number of allylic oxidation sites excluding steroid dienone is 1. The number of halogens is 2. The maximum atomic E-state index is 14.7. The maximum absolute atomic E-state index is 14.7. The van der Waals surface area contributed by atoms with Gasteiger partial charge in [-0.1, -0.05) is 31.5 Å².